The fourth-order valence-corrected chi connectivity index (χ4v) is 2.98. The normalized spacial score (nSPS) is 16.1. The van der Waals surface area contributed by atoms with Gasteiger partial charge in [0.15, 0.2) is 5.76 Å². The molecule has 2 aromatic rings. The average molecular weight is 334 g/mol. The first kappa shape index (κ1) is 17.5. The first-order chi connectivity index (χ1) is 11.6. The first-order valence-electron chi connectivity index (χ1n) is 8.76. The quantitative estimate of drug-likeness (QED) is 0.607. The van der Waals surface area contributed by atoms with Crippen molar-refractivity contribution in [1.29, 1.82) is 0 Å². The van der Waals surface area contributed by atoms with Crippen molar-refractivity contribution in [1.82, 2.24) is 0 Å². The van der Waals surface area contributed by atoms with E-state index in [1.54, 1.807) is 0 Å². The van der Waals surface area contributed by atoms with E-state index in [0.29, 0.717) is 17.1 Å². The number of ether oxygens (including phenoxy) is 1. The number of allylic oxidation sites excluding steroid dienone is 1. The number of rotatable bonds is 1. The van der Waals surface area contributed by atoms with E-state index in [0.717, 1.165) is 16.7 Å². The zero-order valence-electron chi connectivity index (χ0n) is 15.9. The zero-order chi connectivity index (χ0) is 18.4. The smallest absolute Gasteiger partial charge is 0.231 e. The van der Waals surface area contributed by atoms with Gasteiger partial charge >= 0.3 is 0 Å². The maximum Gasteiger partial charge on any atom is 0.231 e. The van der Waals surface area contributed by atoms with Gasteiger partial charge in [-0.3, -0.25) is 4.79 Å². The summed E-state index contributed by atoms with van der Waals surface area (Å²) in [7, 11) is 0. The number of Topliss-reactive ketones (excluding diaryl/α,β-unsaturated/α-hetero) is 1. The predicted octanol–water partition coefficient (Wildman–Crippen LogP) is 5.90. The van der Waals surface area contributed by atoms with Gasteiger partial charge in [-0.25, -0.2) is 0 Å². The molecule has 130 valence electrons. The first-order valence-corrected chi connectivity index (χ1v) is 8.76. The molecule has 0 atom stereocenters. The minimum absolute atomic E-state index is 0.0266. The zero-order valence-corrected chi connectivity index (χ0v) is 15.9. The van der Waals surface area contributed by atoms with Crippen LogP contribution in [0.2, 0.25) is 0 Å². The van der Waals surface area contributed by atoms with Gasteiger partial charge in [0.05, 0.1) is 5.56 Å². The summed E-state index contributed by atoms with van der Waals surface area (Å²) in [6.45, 7) is 13.0. The molecular formula is C23H26O2. The summed E-state index contributed by atoms with van der Waals surface area (Å²) in [4.78, 5) is 13.0. The summed E-state index contributed by atoms with van der Waals surface area (Å²) >= 11 is 0. The number of hydrogen-bond donors (Lipinski definition) is 0. The molecule has 1 aliphatic heterocycles. The van der Waals surface area contributed by atoms with Crippen LogP contribution in [0.15, 0.2) is 48.2 Å². The Balaban J connectivity index is 2.15. The minimum Gasteiger partial charge on any atom is -0.452 e. The molecule has 25 heavy (non-hydrogen) atoms. The molecule has 0 aliphatic carbocycles. The molecule has 2 aromatic carbocycles. The topological polar surface area (TPSA) is 26.3 Å². The molecule has 3 rings (SSSR count). The third kappa shape index (κ3) is 3.39. The summed E-state index contributed by atoms with van der Waals surface area (Å²) in [5, 5.41) is 0. The third-order valence-electron chi connectivity index (χ3n) is 4.54. The Kier molecular flexibility index (Phi) is 4.10. The van der Waals surface area contributed by atoms with Gasteiger partial charge < -0.3 is 4.74 Å². The van der Waals surface area contributed by atoms with Crippen LogP contribution in [-0.2, 0) is 10.8 Å². The monoisotopic (exact) mass is 334 g/mol. The number of hydrogen-bond acceptors (Lipinski definition) is 2. The predicted molar refractivity (Wildman–Crippen MR) is 103 cm³/mol. The fraction of sp³-hybridized carbons (Fsp3) is 0.348. The molecule has 0 bridgehead atoms. The maximum atomic E-state index is 13.0. The van der Waals surface area contributed by atoms with Crippen molar-refractivity contribution in [2.24, 2.45) is 0 Å². The van der Waals surface area contributed by atoms with E-state index in [-0.39, 0.29) is 16.6 Å². The van der Waals surface area contributed by atoms with Crippen molar-refractivity contribution >= 4 is 11.9 Å². The lowest BCUT2D eigenvalue weighted by molar-refractivity contribution is 0.101. The van der Waals surface area contributed by atoms with Crippen molar-refractivity contribution in [2.45, 2.75) is 52.4 Å². The van der Waals surface area contributed by atoms with Crippen LogP contribution in [0.5, 0.6) is 5.75 Å². The van der Waals surface area contributed by atoms with Crippen LogP contribution in [-0.4, -0.2) is 5.78 Å². The largest absolute Gasteiger partial charge is 0.452 e. The van der Waals surface area contributed by atoms with E-state index in [2.05, 4.69) is 47.6 Å². The van der Waals surface area contributed by atoms with Gasteiger partial charge in [-0.2, -0.15) is 0 Å². The van der Waals surface area contributed by atoms with E-state index < -0.39 is 0 Å². The van der Waals surface area contributed by atoms with Crippen LogP contribution in [0, 0.1) is 0 Å². The highest BCUT2D eigenvalue weighted by molar-refractivity contribution is 6.15. The molecule has 2 heteroatoms. The standard InChI is InChI=1S/C23H26O2/c1-22(2,3)16-13-17-20(24)19(12-15-10-8-7-9-11-15)25-21(17)18(14-16)23(4,5)6/h7-14H,1-6H3/b19-12-. The molecule has 0 N–H and O–H groups in total. The van der Waals surface area contributed by atoms with Crippen LogP contribution in [0.1, 0.15) is 68.6 Å². The Morgan fingerprint density at radius 2 is 1.52 bits per heavy atom. The lowest BCUT2D eigenvalue weighted by atomic mass is 9.79. The van der Waals surface area contributed by atoms with E-state index in [4.69, 9.17) is 4.74 Å². The number of fused-ring (bicyclic) bond motifs is 1. The lowest BCUT2D eigenvalue weighted by Gasteiger charge is -2.26. The van der Waals surface area contributed by atoms with Crippen molar-refractivity contribution in [3.8, 4) is 5.75 Å². The minimum atomic E-state index is -0.103. The van der Waals surface area contributed by atoms with Crippen LogP contribution < -0.4 is 4.74 Å². The van der Waals surface area contributed by atoms with Gasteiger partial charge in [-0.1, -0.05) is 77.9 Å². The molecule has 0 spiro atoms. The molecule has 2 nitrogen and oxygen atoms in total. The number of benzene rings is 2. The molecule has 0 saturated heterocycles. The summed E-state index contributed by atoms with van der Waals surface area (Å²) in [6.07, 6.45) is 1.82. The molecule has 0 aromatic heterocycles. The molecule has 1 heterocycles. The van der Waals surface area contributed by atoms with Crippen LogP contribution in [0.25, 0.3) is 6.08 Å². The van der Waals surface area contributed by atoms with Gasteiger partial charge in [-0.15, -0.1) is 0 Å². The van der Waals surface area contributed by atoms with E-state index in [1.807, 2.05) is 42.5 Å². The summed E-state index contributed by atoms with van der Waals surface area (Å²) in [5.41, 5.74) is 3.76. The van der Waals surface area contributed by atoms with Crippen LogP contribution in [0.3, 0.4) is 0 Å². The fourth-order valence-electron chi connectivity index (χ4n) is 2.98. The highest BCUT2D eigenvalue weighted by Crippen LogP contribution is 2.43. The molecule has 0 radical (unpaired) electrons. The molecule has 1 aliphatic rings. The van der Waals surface area contributed by atoms with E-state index in [9.17, 15) is 4.79 Å². The summed E-state index contributed by atoms with van der Waals surface area (Å²) in [6, 6.07) is 14.0. The number of carbonyl (C=O) groups excluding carboxylic acids is 1. The average Bonchev–Trinajstić information content (AvgIpc) is 2.82. The van der Waals surface area contributed by atoms with Crippen molar-refractivity contribution in [3.63, 3.8) is 0 Å². The Bertz CT molecular complexity index is 844. The molecule has 0 fully saturated rings. The van der Waals surface area contributed by atoms with Crippen LogP contribution >= 0.6 is 0 Å². The highest BCUT2D eigenvalue weighted by Gasteiger charge is 2.35. The van der Waals surface area contributed by atoms with Crippen molar-refractivity contribution in [3.05, 3.63) is 70.5 Å². The van der Waals surface area contributed by atoms with Gasteiger partial charge in [0, 0.05) is 5.56 Å². The Hall–Kier alpha value is -2.35. The third-order valence-corrected chi connectivity index (χ3v) is 4.54. The Labute approximate surface area is 150 Å². The van der Waals surface area contributed by atoms with Crippen molar-refractivity contribution < 1.29 is 9.53 Å². The SMILES string of the molecule is CC(C)(C)c1cc2c(c(C(C)(C)C)c1)O/C(=C\c1ccccc1)C2=O. The maximum absolute atomic E-state index is 13.0. The lowest BCUT2D eigenvalue weighted by Crippen LogP contribution is -2.17. The van der Waals surface area contributed by atoms with Crippen molar-refractivity contribution in [2.75, 3.05) is 0 Å². The highest BCUT2D eigenvalue weighted by atomic mass is 16.5. The summed E-state index contributed by atoms with van der Waals surface area (Å²) < 4.78 is 6.06. The second-order valence-corrected chi connectivity index (χ2v) is 8.75. The second kappa shape index (κ2) is 5.87. The Morgan fingerprint density at radius 3 is 2.08 bits per heavy atom. The number of carbonyl (C=O) groups is 1. The molecule has 0 saturated carbocycles. The molecule has 0 unspecified atom stereocenters. The second-order valence-electron chi connectivity index (χ2n) is 8.75. The van der Waals surface area contributed by atoms with Crippen LogP contribution in [0.4, 0.5) is 0 Å². The summed E-state index contributed by atoms with van der Waals surface area (Å²) in [5.74, 6) is 1.08. The van der Waals surface area contributed by atoms with Gasteiger partial charge in [0.1, 0.15) is 5.75 Å². The van der Waals surface area contributed by atoms with E-state index in [1.165, 1.54) is 0 Å². The van der Waals surface area contributed by atoms with Gasteiger partial charge in [-0.05, 0) is 34.1 Å². The Morgan fingerprint density at radius 1 is 0.880 bits per heavy atom. The molecule has 0 amide bonds. The van der Waals surface area contributed by atoms with Gasteiger partial charge in [0.25, 0.3) is 0 Å². The van der Waals surface area contributed by atoms with Gasteiger partial charge in [0.2, 0.25) is 5.78 Å². The van der Waals surface area contributed by atoms with E-state index >= 15 is 0 Å². The molecular weight excluding hydrogens is 308 g/mol. The number of ketones is 1.